The van der Waals surface area contributed by atoms with E-state index in [9.17, 15) is 4.79 Å². The molecule has 0 atom stereocenters. The Morgan fingerprint density at radius 3 is 2.64 bits per heavy atom. The molecule has 1 saturated carbocycles. The summed E-state index contributed by atoms with van der Waals surface area (Å²) in [6.45, 7) is 0.718. The van der Waals surface area contributed by atoms with Gasteiger partial charge >= 0.3 is 5.69 Å². The van der Waals surface area contributed by atoms with Crippen LogP contribution in [0.3, 0.4) is 0 Å². The second-order valence-corrected chi connectivity index (χ2v) is 7.65. The predicted molar refractivity (Wildman–Crippen MR) is 108 cm³/mol. The number of ether oxygens (including phenoxy) is 1. The van der Waals surface area contributed by atoms with Gasteiger partial charge in [-0.05, 0) is 49.8 Å². The van der Waals surface area contributed by atoms with Crippen molar-refractivity contribution in [1.29, 1.82) is 0 Å². The van der Waals surface area contributed by atoms with Gasteiger partial charge in [0.05, 0.1) is 11.6 Å². The van der Waals surface area contributed by atoms with E-state index in [0.717, 1.165) is 59.9 Å². The van der Waals surface area contributed by atoms with Gasteiger partial charge in [-0.25, -0.2) is 14.8 Å². The van der Waals surface area contributed by atoms with Crippen molar-refractivity contribution in [2.45, 2.75) is 38.3 Å². The Bertz CT molecular complexity index is 1180. The maximum Gasteiger partial charge on any atom is 0.327 e. The average Bonchev–Trinajstić information content (AvgIpc) is 3.32. The van der Waals surface area contributed by atoms with Crippen LogP contribution < -0.4 is 5.69 Å². The van der Waals surface area contributed by atoms with Gasteiger partial charge in [0, 0.05) is 48.8 Å². The monoisotopic (exact) mass is 377 g/mol. The molecule has 7 heteroatoms. The van der Waals surface area contributed by atoms with Gasteiger partial charge in [0.1, 0.15) is 5.65 Å². The number of pyridine rings is 2. The number of hydrogen-bond acceptors (Lipinski definition) is 4. The van der Waals surface area contributed by atoms with Gasteiger partial charge in [-0.15, -0.1) is 0 Å². The summed E-state index contributed by atoms with van der Waals surface area (Å²) in [5.74, 6) is 0.490. The minimum absolute atomic E-state index is 0.0901. The number of imidazole rings is 1. The van der Waals surface area contributed by atoms with Crippen molar-refractivity contribution in [2.75, 3.05) is 7.11 Å². The highest BCUT2D eigenvalue weighted by Crippen LogP contribution is 2.28. The van der Waals surface area contributed by atoms with Crippen molar-refractivity contribution < 1.29 is 4.74 Å². The molecule has 144 valence electrons. The molecule has 0 saturated heterocycles. The van der Waals surface area contributed by atoms with Gasteiger partial charge < -0.3 is 9.72 Å². The van der Waals surface area contributed by atoms with E-state index in [0.29, 0.717) is 17.7 Å². The van der Waals surface area contributed by atoms with Crippen molar-refractivity contribution in [3.8, 4) is 11.1 Å². The van der Waals surface area contributed by atoms with Crippen LogP contribution in [0.1, 0.15) is 25.7 Å². The third kappa shape index (κ3) is 3.01. The summed E-state index contributed by atoms with van der Waals surface area (Å²) in [6.07, 6.45) is 10.2. The van der Waals surface area contributed by atoms with E-state index in [-0.39, 0.29) is 5.69 Å². The average molecular weight is 377 g/mol. The maximum absolute atomic E-state index is 12.5. The van der Waals surface area contributed by atoms with Gasteiger partial charge in [0.25, 0.3) is 0 Å². The minimum atomic E-state index is -0.0901. The number of nitrogens with zero attached hydrogens (tertiary/aromatic N) is 3. The zero-order valence-corrected chi connectivity index (χ0v) is 15.8. The highest BCUT2D eigenvalue weighted by atomic mass is 16.5. The first-order valence-electron chi connectivity index (χ1n) is 9.76. The normalized spacial score (nSPS) is 20.2. The molecule has 0 amide bonds. The van der Waals surface area contributed by atoms with E-state index in [2.05, 4.69) is 26.0 Å². The molecule has 0 aromatic carbocycles. The largest absolute Gasteiger partial charge is 0.381 e. The summed E-state index contributed by atoms with van der Waals surface area (Å²) >= 11 is 0. The lowest BCUT2D eigenvalue weighted by atomic mass is 9.87. The molecule has 0 unspecified atom stereocenters. The summed E-state index contributed by atoms with van der Waals surface area (Å²) in [5, 5.41) is 1.05. The first-order chi connectivity index (χ1) is 13.7. The molecule has 0 aliphatic heterocycles. The fourth-order valence-electron chi connectivity index (χ4n) is 4.28. The van der Waals surface area contributed by atoms with Crippen LogP contribution >= 0.6 is 0 Å². The lowest BCUT2D eigenvalue weighted by molar-refractivity contribution is 0.0542. The number of aromatic amines is 2. The van der Waals surface area contributed by atoms with E-state index in [1.165, 1.54) is 0 Å². The summed E-state index contributed by atoms with van der Waals surface area (Å²) in [7, 11) is 1.78. The van der Waals surface area contributed by atoms with Crippen molar-refractivity contribution in [2.24, 2.45) is 5.92 Å². The summed E-state index contributed by atoms with van der Waals surface area (Å²) < 4.78 is 7.30. The Morgan fingerprint density at radius 2 is 1.86 bits per heavy atom. The number of methoxy groups -OCH3 is 1. The Kier molecular flexibility index (Phi) is 4.24. The Hall–Kier alpha value is -2.93. The smallest absolute Gasteiger partial charge is 0.327 e. The third-order valence-electron chi connectivity index (χ3n) is 5.93. The second-order valence-electron chi connectivity index (χ2n) is 7.65. The number of H-pyrrole nitrogens is 2. The fourth-order valence-corrected chi connectivity index (χ4v) is 4.28. The summed E-state index contributed by atoms with van der Waals surface area (Å²) in [6, 6.07) is 6.12. The van der Waals surface area contributed by atoms with Crippen LogP contribution in [-0.2, 0) is 11.3 Å². The number of fused-ring (bicyclic) bond motifs is 2. The van der Waals surface area contributed by atoms with Gasteiger partial charge in [0.15, 0.2) is 5.65 Å². The van der Waals surface area contributed by atoms with Gasteiger partial charge in [-0.2, -0.15) is 0 Å². The van der Waals surface area contributed by atoms with Gasteiger partial charge in [0.2, 0.25) is 0 Å². The van der Waals surface area contributed by atoms with E-state index >= 15 is 0 Å². The predicted octanol–water partition coefficient (Wildman–Crippen LogP) is 3.47. The summed E-state index contributed by atoms with van der Waals surface area (Å²) in [4.78, 5) is 27.5. The van der Waals surface area contributed by atoms with Crippen molar-refractivity contribution in [3.63, 3.8) is 0 Å². The molecular weight excluding hydrogens is 354 g/mol. The topological polar surface area (TPSA) is 88.6 Å². The quantitative estimate of drug-likeness (QED) is 0.570. The number of nitrogens with one attached hydrogen (secondary N) is 2. The van der Waals surface area contributed by atoms with E-state index in [1.807, 2.05) is 29.1 Å². The molecule has 1 aliphatic carbocycles. The Labute approximate surface area is 161 Å². The minimum Gasteiger partial charge on any atom is -0.381 e. The molecule has 5 rings (SSSR count). The molecule has 0 spiro atoms. The van der Waals surface area contributed by atoms with Crippen molar-refractivity contribution in [3.05, 3.63) is 47.3 Å². The Balaban J connectivity index is 1.49. The molecule has 4 aromatic rings. The first kappa shape index (κ1) is 17.2. The Morgan fingerprint density at radius 1 is 1.11 bits per heavy atom. The molecule has 28 heavy (non-hydrogen) atoms. The zero-order chi connectivity index (χ0) is 19.1. The van der Waals surface area contributed by atoms with E-state index in [1.54, 1.807) is 13.3 Å². The van der Waals surface area contributed by atoms with Crippen LogP contribution in [0.15, 0.2) is 41.6 Å². The van der Waals surface area contributed by atoms with Gasteiger partial charge in [-0.3, -0.25) is 9.55 Å². The highest BCUT2D eigenvalue weighted by Gasteiger charge is 2.22. The van der Waals surface area contributed by atoms with E-state index in [4.69, 9.17) is 4.74 Å². The van der Waals surface area contributed by atoms with Crippen molar-refractivity contribution >= 4 is 22.2 Å². The van der Waals surface area contributed by atoms with Crippen molar-refractivity contribution in [1.82, 2.24) is 24.5 Å². The van der Waals surface area contributed by atoms with Gasteiger partial charge in [-0.1, -0.05) is 0 Å². The van der Waals surface area contributed by atoms with Crippen LogP contribution in [-0.4, -0.2) is 37.7 Å². The molecule has 2 N–H and O–H groups in total. The fraction of sp³-hybridized carbons (Fsp3) is 0.381. The SMILES string of the molecule is CO[C@H]1CC[C@@H](Cn2c(=O)[nH]c3ncc(-c4cnc5[nH]ccc5c4)cc32)CC1. The molecule has 0 bridgehead atoms. The lowest BCUT2D eigenvalue weighted by Crippen LogP contribution is -2.27. The van der Waals surface area contributed by atoms with Crippen LogP contribution in [0.5, 0.6) is 0 Å². The zero-order valence-electron chi connectivity index (χ0n) is 15.8. The molecule has 1 fully saturated rings. The second kappa shape index (κ2) is 6.91. The highest BCUT2D eigenvalue weighted by molar-refractivity contribution is 5.84. The summed E-state index contributed by atoms with van der Waals surface area (Å²) in [5.41, 5.74) is 4.21. The standard InChI is InChI=1S/C21H23N5O2/c1-28-17-4-2-13(3-5-17)12-26-18-9-16(11-24-20(18)25-21(26)27)15-8-14-6-7-22-19(14)23-10-15/h6-11,13,17H,2-5,12H2,1H3,(H,22,23)(H,24,25,27)/t13-,17+. The number of aromatic nitrogens is 5. The van der Waals surface area contributed by atoms with Crippen LogP contribution in [0, 0.1) is 5.92 Å². The molecule has 4 aromatic heterocycles. The van der Waals surface area contributed by atoms with Crippen LogP contribution in [0.4, 0.5) is 0 Å². The number of hydrogen-bond donors (Lipinski definition) is 2. The van der Waals surface area contributed by atoms with E-state index < -0.39 is 0 Å². The van der Waals surface area contributed by atoms with Crippen LogP contribution in [0.25, 0.3) is 33.3 Å². The molecule has 1 aliphatic rings. The molecular formula is C21H23N5O2. The molecule has 4 heterocycles. The van der Waals surface area contributed by atoms with Crippen LogP contribution in [0.2, 0.25) is 0 Å². The molecule has 0 radical (unpaired) electrons. The number of rotatable bonds is 4. The first-order valence-corrected chi connectivity index (χ1v) is 9.76. The third-order valence-corrected chi connectivity index (χ3v) is 5.93. The maximum atomic E-state index is 12.5. The molecule has 7 nitrogen and oxygen atoms in total. The lowest BCUT2D eigenvalue weighted by Gasteiger charge is -2.27.